The first-order chi connectivity index (χ1) is 12.5. The molecular weight excluding hydrogens is 342 g/mol. The normalized spacial score (nSPS) is 26.2. The van der Waals surface area contributed by atoms with Gasteiger partial charge >= 0.3 is 0 Å². The van der Waals surface area contributed by atoms with E-state index >= 15 is 0 Å². The molecule has 3 heterocycles. The van der Waals surface area contributed by atoms with Gasteiger partial charge in [-0.05, 0) is 24.6 Å². The van der Waals surface area contributed by atoms with Crippen LogP contribution in [0.25, 0.3) is 0 Å². The average molecular weight is 364 g/mol. The van der Waals surface area contributed by atoms with Crippen molar-refractivity contribution in [2.24, 2.45) is 5.73 Å². The van der Waals surface area contributed by atoms with Crippen LogP contribution in [-0.2, 0) is 24.4 Å². The number of hydrogen-bond donors (Lipinski definition) is 2. The number of fused-ring (bicyclic) bond motifs is 1. The van der Waals surface area contributed by atoms with Crippen LogP contribution in [0.5, 0.6) is 0 Å². The van der Waals surface area contributed by atoms with Crippen molar-refractivity contribution in [2.75, 3.05) is 13.2 Å². The Morgan fingerprint density at radius 2 is 2.15 bits per heavy atom. The third-order valence-corrected chi connectivity index (χ3v) is 5.16. The molecule has 26 heavy (non-hydrogen) atoms. The Bertz CT molecular complexity index is 774. The van der Waals surface area contributed by atoms with E-state index in [-0.39, 0.29) is 18.2 Å². The van der Waals surface area contributed by atoms with Crippen LogP contribution in [0.3, 0.4) is 0 Å². The lowest BCUT2D eigenvalue weighted by molar-refractivity contribution is -0.0533. The van der Waals surface area contributed by atoms with Crippen LogP contribution >= 0.6 is 0 Å². The largest absolute Gasteiger partial charge is 0.394 e. The molecular formula is C18H22F2N4O2. The minimum absolute atomic E-state index is 0.0631. The van der Waals surface area contributed by atoms with Gasteiger partial charge in [0.15, 0.2) is 0 Å². The van der Waals surface area contributed by atoms with Crippen LogP contribution in [0.2, 0.25) is 0 Å². The highest BCUT2D eigenvalue weighted by molar-refractivity contribution is 5.24. The first kappa shape index (κ1) is 17.5. The number of hydrogen-bond acceptors (Lipinski definition) is 5. The van der Waals surface area contributed by atoms with Crippen LogP contribution in [0.1, 0.15) is 29.3 Å². The summed E-state index contributed by atoms with van der Waals surface area (Å²) in [4.78, 5) is 2.25. The molecule has 140 valence electrons. The molecule has 0 saturated carbocycles. The van der Waals surface area contributed by atoms with Crippen molar-refractivity contribution in [3.8, 4) is 0 Å². The van der Waals surface area contributed by atoms with E-state index in [4.69, 9.17) is 15.6 Å². The third kappa shape index (κ3) is 3.25. The predicted molar refractivity (Wildman–Crippen MR) is 90.0 cm³/mol. The second-order valence-corrected chi connectivity index (χ2v) is 6.97. The number of aliphatic hydroxyl groups is 1. The Kier molecular flexibility index (Phi) is 4.74. The Balaban J connectivity index is 1.41. The van der Waals surface area contributed by atoms with Crippen molar-refractivity contribution in [3.63, 3.8) is 0 Å². The van der Waals surface area contributed by atoms with Gasteiger partial charge in [0, 0.05) is 42.5 Å². The molecule has 0 bridgehead atoms. The molecule has 0 amide bonds. The fraction of sp³-hybridized carbons (Fsp3) is 0.500. The molecule has 6 nitrogen and oxygen atoms in total. The monoisotopic (exact) mass is 364 g/mol. The first-order valence-corrected chi connectivity index (χ1v) is 8.77. The fourth-order valence-corrected chi connectivity index (χ4v) is 3.86. The molecule has 0 aliphatic carbocycles. The second-order valence-electron chi connectivity index (χ2n) is 6.97. The summed E-state index contributed by atoms with van der Waals surface area (Å²) in [5.74, 6) is -0.992. The highest BCUT2D eigenvalue weighted by Crippen LogP contribution is 2.33. The summed E-state index contributed by atoms with van der Waals surface area (Å²) < 4.78 is 35.1. The number of rotatable bonds is 4. The molecule has 0 unspecified atom stereocenters. The number of ether oxygens (including phenoxy) is 1. The summed E-state index contributed by atoms with van der Waals surface area (Å²) in [5, 5.41) is 13.5. The van der Waals surface area contributed by atoms with E-state index < -0.39 is 23.8 Å². The summed E-state index contributed by atoms with van der Waals surface area (Å²) in [5.41, 5.74) is 8.57. The number of halogens is 2. The maximum atomic E-state index is 14.0. The minimum Gasteiger partial charge on any atom is -0.394 e. The van der Waals surface area contributed by atoms with Gasteiger partial charge in [-0.1, -0.05) is 0 Å². The highest BCUT2D eigenvalue weighted by Gasteiger charge is 2.37. The van der Waals surface area contributed by atoms with Crippen molar-refractivity contribution >= 4 is 0 Å². The molecule has 1 aromatic carbocycles. The lowest BCUT2D eigenvalue weighted by atomic mass is 9.93. The van der Waals surface area contributed by atoms with E-state index in [2.05, 4.69) is 10.00 Å². The summed E-state index contributed by atoms with van der Waals surface area (Å²) in [6.45, 7) is 2.42. The number of aliphatic hydroxyl groups excluding tert-OH is 1. The maximum Gasteiger partial charge on any atom is 0.129 e. The van der Waals surface area contributed by atoms with Gasteiger partial charge in [-0.15, -0.1) is 0 Å². The standard InChI is InChI=1S/C18H22F2N4O2/c19-12-1-2-15(20)14(5-12)18-16(21)6-13(10-26-18)23-7-11-8-24(3-4-25)22-17(11)9-23/h1-2,5,8,13,16,18,25H,3-4,6-7,9-10,21H2/t13-,16+,18-/m1/s1. The number of nitrogens with two attached hydrogens (primary N) is 1. The van der Waals surface area contributed by atoms with Gasteiger partial charge in [-0.25, -0.2) is 8.78 Å². The Labute approximate surface area is 150 Å². The molecule has 2 aliphatic rings. The SMILES string of the molecule is N[C@H]1C[C@@H](N2Cc3cn(CCO)nc3C2)CO[C@@H]1c1cc(F)ccc1F. The van der Waals surface area contributed by atoms with Crippen LogP contribution < -0.4 is 5.73 Å². The summed E-state index contributed by atoms with van der Waals surface area (Å²) in [6.07, 6.45) is 1.96. The van der Waals surface area contributed by atoms with Gasteiger partial charge in [-0.3, -0.25) is 9.58 Å². The van der Waals surface area contributed by atoms with E-state index in [0.29, 0.717) is 26.1 Å². The topological polar surface area (TPSA) is 76.5 Å². The van der Waals surface area contributed by atoms with Crippen LogP contribution in [0.4, 0.5) is 8.78 Å². The molecule has 2 aromatic rings. The van der Waals surface area contributed by atoms with Gasteiger partial charge in [-0.2, -0.15) is 5.10 Å². The molecule has 3 atom stereocenters. The van der Waals surface area contributed by atoms with Crippen molar-refractivity contribution < 1.29 is 18.6 Å². The zero-order valence-electron chi connectivity index (χ0n) is 14.3. The molecule has 1 aromatic heterocycles. The molecule has 0 radical (unpaired) electrons. The number of aromatic nitrogens is 2. The molecule has 0 spiro atoms. The lowest BCUT2D eigenvalue weighted by Crippen LogP contribution is -2.47. The Morgan fingerprint density at radius 3 is 2.88 bits per heavy atom. The predicted octanol–water partition coefficient (Wildman–Crippen LogP) is 1.33. The summed E-state index contributed by atoms with van der Waals surface area (Å²) in [7, 11) is 0. The molecule has 4 rings (SSSR count). The zero-order valence-corrected chi connectivity index (χ0v) is 14.3. The first-order valence-electron chi connectivity index (χ1n) is 8.77. The average Bonchev–Trinajstić information content (AvgIpc) is 3.16. The molecule has 2 aliphatic heterocycles. The molecule has 1 fully saturated rings. The Hall–Kier alpha value is -1.87. The van der Waals surface area contributed by atoms with E-state index in [1.807, 2.05) is 6.20 Å². The van der Waals surface area contributed by atoms with Crippen molar-refractivity contribution in [1.29, 1.82) is 0 Å². The van der Waals surface area contributed by atoms with Gasteiger partial charge < -0.3 is 15.6 Å². The Morgan fingerprint density at radius 1 is 1.31 bits per heavy atom. The van der Waals surface area contributed by atoms with Gasteiger partial charge in [0.2, 0.25) is 0 Å². The van der Waals surface area contributed by atoms with Crippen molar-refractivity contribution in [3.05, 3.63) is 52.9 Å². The van der Waals surface area contributed by atoms with Gasteiger partial charge in [0.05, 0.1) is 25.5 Å². The summed E-state index contributed by atoms with van der Waals surface area (Å²) >= 11 is 0. The van der Waals surface area contributed by atoms with Gasteiger partial charge in [0.25, 0.3) is 0 Å². The molecule has 8 heteroatoms. The minimum atomic E-state index is -0.638. The summed E-state index contributed by atoms with van der Waals surface area (Å²) in [6, 6.07) is 3.06. The van der Waals surface area contributed by atoms with Crippen LogP contribution in [0, 0.1) is 11.6 Å². The van der Waals surface area contributed by atoms with E-state index in [9.17, 15) is 8.78 Å². The van der Waals surface area contributed by atoms with Crippen LogP contribution in [-0.4, -0.2) is 45.1 Å². The highest BCUT2D eigenvalue weighted by atomic mass is 19.1. The fourth-order valence-electron chi connectivity index (χ4n) is 3.86. The maximum absolute atomic E-state index is 14.0. The number of benzene rings is 1. The number of nitrogens with zero attached hydrogens (tertiary/aromatic N) is 3. The van der Waals surface area contributed by atoms with Crippen molar-refractivity contribution in [2.45, 2.75) is 44.2 Å². The third-order valence-electron chi connectivity index (χ3n) is 5.16. The van der Waals surface area contributed by atoms with Crippen LogP contribution in [0.15, 0.2) is 24.4 Å². The quantitative estimate of drug-likeness (QED) is 0.856. The molecule has 3 N–H and O–H groups in total. The van der Waals surface area contributed by atoms with E-state index in [1.54, 1.807) is 4.68 Å². The van der Waals surface area contributed by atoms with Crippen molar-refractivity contribution in [1.82, 2.24) is 14.7 Å². The molecule has 1 saturated heterocycles. The van der Waals surface area contributed by atoms with Gasteiger partial charge in [0.1, 0.15) is 17.7 Å². The lowest BCUT2D eigenvalue weighted by Gasteiger charge is -2.38. The zero-order chi connectivity index (χ0) is 18.3. The van der Waals surface area contributed by atoms with E-state index in [0.717, 1.165) is 36.0 Å². The smallest absolute Gasteiger partial charge is 0.129 e. The second kappa shape index (κ2) is 7.03. The van der Waals surface area contributed by atoms with E-state index in [1.165, 1.54) is 0 Å².